The third-order valence-electron chi connectivity index (χ3n) is 0.500. The van der Waals surface area contributed by atoms with E-state index in [-0.39, 0.29) is 0 Å². The van der Waals surface area contributed by atoms with Gasteiger partial charge in [-0.3, -0.25) is 0 Å². The van der Waals surface area contributed by atoms with Crippen LogP contribution in [0.25, 0.3) is 0 Å². The van der Waals surface area contributed by atoms with Crippen molar-refractivity contribution in [2.45, 2.75) is 7.55 Å². The van der Waals surface area contributed by atoms with Gasteiger partial charge in [-0.15, -0.1) is 0 Å². The summed E-state index contributed by atoms with van der Waals surface area (Å²) in [4.78, 5) is 0. The minimum atomic E-state index is 0.688. The maximum absolute atomic E-state index is 1.79. The minimum absolute atomic E-state index is 0.688. The van der Waals surface area contributed by atoms with Crippen LogP contribution < -0.4 is 0 Å². The van der Waals surface area contributed by atoms with Crippen LogP contribution in [-0.2, 0) is 0 Å². The monoisotopic (exact) mass is 432 g/mol. The Morgan fingerprint density at radius 2 is 1.00 bits per heavy atom. The van der Waals surface area contributed by atoms with Crippen molar-refractivity contribution in [2.75, 3.05) is 0 Å². The molecule has 0 unspecified atom stereocenters. The molecular weight excluding hydrogens is 419 g/mol. The molecule has 1 saturated heterocycles. The quantitative estimate of drug-likeness (QED) is 0.489. The molecule has 0 aliphatic carbocycles. The van der Waals surface area contributed by atoms with Crippen molar-refractivity contribution in [3.05, 3.63) is 0 Å². The molecule has 0 aromatic carbocycles. The van der Waals surface area contributed by atoms with Gasteiger partial charge in [0.05, 0.1) is 0 Å². The Kier molecular flexibility index (Phi) is 4.61. The molecule has 0 aromatic rings. The molecule has 0 spiro atoms. The van der Waals surface area contributed by atoms with Gasteiger partial charge in [0.1, 0.15) is 0 Å². The van der Waals surface area contributed by atoms with Crippen molar-refractivity contribution in [3.8, 4) is 0 Å². The molecule has 1 fully saturated rings. The summed E-state index contributed by atoms with van der Waals surface area (Å²) in [7, 11) is 0. The predicted molar refractivity (Wildman–Crippen MR) is 31.7 cm³/mol. The van der Waals surface area contributed by atoms with Gasteiger partial charge >= 0.3 is 70.3 Å². The average Bonchev–Trinajstić information content (AvgIpc) is 1.72. The van der Waals surface area contributed by atoms with E-state index in [4.69, 9.17) is 0 Å². The molecule has 1 aliphatic heterocycles. The molecule has 6 heavy (non-hydrogen) atoms. The summed E-state index contributed by atoms with van der Waals surface area (Å²) in [6, 6.07) is 0. The molecule has 0 radical (unpaired) electrons. The van der Waals surface area contributed by atoms with Gasteiger partial charge in [0, 0.05) is 0 Å². The second-order valence-corrected chi connectivity index (χ2v) is 20.0. The van der Waals surface area contributed by atoms with E-state index in [9.17, 15) is 0 Å². The number of rotatable bonds is 0. The van der Waals surface area contributed by atoms with Crippen molar-refractivity contribution in [2.24, 2.45) is 0 Å². The van der Waals surface area contributed by atoms with Gasteiger partial charge in [0.25, 0.3) is 0 Å². The van der Waals surface area contributed by atoms with Crippen molar-refractivity contribution in [1.29, 1.82) is 0 Å². The fourth-order valence-electron chi connectivity index (χ4n) is 0.279. The summed E-state index contributed by atoms with van der Waals surface area (Å²) in [5.41, 5.74) is 0. The zero-order valence-corrected chi connectivity index (χ0v) is 10.3. The Hall–Kier alpha value is 2.37. The van der Waals surface area contributed by atoms with Gasteiger partial charge in [-0.25, -0.2) is 0 Å². The van der Waals surface area contributed by atoms with E-state index < -0.39 is 0 Å². The second kappa shape index (κ2) is 4.27. The van der Waals surface area contributed by atoms with Crippen LogP contribution in [0.3, 0.4) is 0 Å². The van der Waals surface area contributed by atoms with Crippen LogP contribution in [0.4, 0.5) is 0 Å². The van der Waals surface area contributed by atoms with E-state index in [2.05, 4.69) is 0 Å². The predicted octanol–water partition coefficient (Wildman–Crippen LogP) is 0.240. The molecule has 0 atom stereocenters. The average molecular weight is 425 g/mol. The molecule has 0 aromatic heterocycles. The first-order valence-electron chi connectivity index (χ1n) is 1.73. The van der Waals surface area contributed by atoms with Crippen molar-refractivity contribution in [3.63, 3.8) is 0 Å². The zero-order chi connectivity index (χ0) is 4.24. The molecule has 36 valence electrons. The van der Waals surface area contributed by atoms with Gasteiger partial charge in [-0.2, -0.15) is 0 Å². The van der Waals surface area contributed by atoms with E-state index in [0.717, 1.165) is 0 Å². The Bertz CT molecular complexity index is 21.5. The fraction of sp³-hybridized carbons (Fsp3) is 1.00. The van der Waals surface area contributed by atoms with Crippen LogP contribution in [0.2, 0.25) is 7.55 Å². The summed E-state index contributed by atoms with van der Waals surface area (Å²) in [6.45, 7) is 0. The molecule has 0 bridgehead atoms. The van der Waals surface area contributed by atoms with Crippen molar-refractivity contribution in [1.82, 2.24) is 0 Å². The first-order chi connectivity index (χ1) is 3.00. The zero-order valence-electron chi connectivity index (χ0n) is 3.35. The molecule has 1 aliphatic rings. The maximum atomic E-state index is 1.79. The van der Waals surface area contributed by atoms with Gasteiger partial charge in [-0.1, -0.05) is 0 Å². The SMILES string of the molecule is C1[Te]C[Te]C[Te]1. The molecule has 0 nitrogen and oxygen atoms in total. The topological polar surface area (TPSA) is 0 Å². The molecule has 0 N–H and O–H groups in total. The van der Waals surface area contributed by atoms with Crippen LogP contribution in [0.1, 0.15) is 0 Å². The molecule has 0 saturated carbocycles. The van der Waals surface area contributed by atoms with Crippen LogP contribution in [0, 0.1) is 0 Å². The molecule has 1 rings (SSSR count). The van der Waals surface area contributed by atoms with E-state index in [1.165, 1.54) is 0 Å². The van der Waals surface area contributed by atoms with E-state index in [1.54, 1.807) is 7.55 Å². The van der Waals surface area contributed by atoms with Gasteiger partial charge < -0.3 is 0 Å². The van der Waals surface area contributed by atoms with Gasteiger partial charge in [0.15, 0.2) is 0 Å². The van der Waals surface area contributed by atoms with Crippen LogP contribution in [0.15, 0.2) is 0 Å². The normalized spacial score (nSPS) is 24.0. The molecule has 1 heterocycles. The van der Waals surface area contributed by atoms with Crippen LogP contribution in [-0.4, -0.2) is 62.8 Å². The summed E-state index contributed by atoms with van der Waals surface area (Å²) < 4.78 is 5.38. The third-order valence-corrected chi connectivity index (χ3v) is 22.5. The summed E-state index contributed by atoms with van der Waals surface area (Å²) >= 11 is 2.06. The van der Waals surface area contributed by atoms with E-state index >= 15 is 0 Å². The standard InChI is InChI=1S/C3H6Te3/c1-4-2-6-3-5-1/h1-3H2. The Balaban J connectivity index is 2.00. The second-order valence-electron chi connectivity index (χ2n) is 0.966. The van der Waals surface area contributed by atoms with Gasteiger partial charge in [-0.05, 0) is 0 Å². The fourth-order valence-corrected chi connectivity index (χ4v) is 38.8. The molecular formula is C3H6Te3. The Morgan fingerprint density at radius 3 is 1.17 bits per heavy atom. The third kappa shape index (κ3) is 2.62. The van der Waals surface area contributed by atoms with Crippen molar-refractivity contribution >= 4 is 62.8 Å². The Labute approximate surface area is 69.1 Å². The summed E-state index contributed by atoms with van der Waals surface area (Å²) in [6.07, 6.45) is 0. The number of hydrogen-bond acceptors (Lipinski definition) is 0. The van der Waals surface area contributed by atoms with E-state index in [0.29, 0.717) is 62.8 Å². The first-order valence-corrected chi connectivity index (χ1v) is 11.6. The van der Waals surface area contributed by atoms with Crippen molar-refractivity contribution < 1.29 is 0 Å². The van der Waals surface area contributed by atoms with Crippen LogP contribution >= 0.6 is 0 Å². The molecule has 3 heteroatoms. The van der Waals surface area contributed by atoms with Crippen LogP contribution in [0.5, 0.6) is 0 Å². The summed E-state index contributed by atoms with van der Waals surface area (Å²) in [5.74, 6) is 0. The Morgan fingerprint density at radius 1 is 0.667 bits per heavy atom. The molecule has 0 amide bonds. The number of hydrogen-bond donors (Lipinski definition) is 0. The first kappa shape index (κ1) is 6.49. The van der Waals surface area contributed by atoms with E-state index in [1.807, 2.05) is 0 Å². The van der Waals surface area contributed by atoms with Gasteiger partial charge in [0.2, 0.25) is 0 Å². The summed E-state index contributed by atoms with van der Waals surface area (Å²) in [5, 5.41) is 0.